The first-order valence-electron chi connectivity index (χ1n) is 4.36. The molecule has 1 heterocycles. The Bertz CT molecular complexity index is 94.1. The van der Waals surface area contributed by atoms with Crippen LogP contribution in [0.4, 0.5) is 0 Å². The van der Waals surface area contributed by atoms with Crippen LogP contribution in [-0.2, 0) is 0 Å². The summed E-state index contributed by atoms with van der Waals surface area (Å²) in [5.74, 6) is 1.32. The molecule has 1 saturated heterocycles. The van der Waals surface area contributed by atoms with E-state index in [1.165, 1.54) is 25.0 Å². The first-order valence-corrected chi connectivity index (χ1v) is 5.41. The first-order chi connectivity index (χ1) is 5.43. The third-order valence-electron chi connectivity index (χ3n) is 1.93. The summed E-state index contributed by atoms with van der Waals surface area (Å²) in [6.07, 6.45) is 4.13. The summed E-state index contributed by atoms with van der Waals surface area (Å²) < 4.78 is 0. The van der Waals surface area contributed by atoms with Crippen molar-refractivity contribution < 1.29 is 5.11 Å². The number of aliphatic hydroxyl groups is 1. The lowest BCUT2D eigenvalue weighted by molar-refractivity contribution is 0.292. The molecule has 0 aliphatic carbocycles. The fraction of sp³-hybridized carbons (Fsp3) is 1.00. The molecule has 2 N–H and O–H groups in total. The third kappa shape index (κ3) is 3.99. The topological polar surface area (TPSA) is 32.3 Å². The maximum atomic E-state index is 8.53. The Labute approximate surface area is 72.8 Å². The van der Waals surface area contributed by atoms with Crippen LogP contribution in [0.5, 0.6) is 0 Å². The fourth-order valence-electron chi connectivity index (χ4n) is 1.31. The molecule has 1 atom stereocenters. The van der Waals surface area contributed by atoms with E-state index in [2.05, 4.69) is 17.1 Å². The lowest BCUT2D eigenvalue weighted by atomic mass is 10.2. The molecule has 0 aromatic heterocycles. The van der Waals surface area contributed by atoms with Gasteiger partial charge in [0.15, 0.2) is 0 Å². The highest BCUT2D eigenvalue weighted by atomic mass is 32.2. The molecule has 0 amide bonds. The minimum atomic E-state index is 0.261. The van der Waals surface area contributed by atoms with E-state index in [0.29, 0.717) is 0 Å². The van der Waals surface area contributed by atoms with Crippen molar-refractivity contribution in [3.05, 3.63) is 0 Å². The van der Waals surface area contributed by atoms with Gasteiger partial charge >= 0.3 is 0 Å². The largest absolute Gasteiger partial charge is 0.395 e. The molecule has 66 valence electrons. The van der Waals surface area contributed by atoms with Gasteiger partial charge in [-0.05, 0) is 18.6 Å². The maximum absolute atomic E-state index is 8.53. The van der Waals surface area contributed by atoms with Crippen LogP contribution in [-0.4, -0.2) is 35.8 Å². The minimum Gasteiger partial charge on any atom is -0.395 e. The van der Waals surface area contributed by atoms with Gasteiger partial charge < -0.3 is 10.4 Å². The highest BCUT2D eigenvalue weighted by Crippen LogP contribution is 2.23. The molecular weight excluding hydrogens is 158 g/mol. The molecule has 3 heteroatoms. The molecule has 1 unspecified atom stereocenters. The van der Waals surface area contributed by atoms with Crippen LogP contribution < -0.4 is 5.32 Å². The summed E-state index contributed by atoms with van der Waals surface area (Å²) in [5, 5.41) is 12.6. The summed E-state index contributed by atoms with van der Waals surface area (Å²) in [6, 6.07) is 0. The van der Waals surface area contributed by atoms with Crippen LogP contribution in [0.15, 0.2) is 0 Å². The number of hydrogen-bond donors (Lipinski definition) is 2. The van der Waals surface area contributed by atoms with Crippen LogP contribution in [0.1, 0.15) is 19.3 Å². The summed E-state index contributed by atoms with van der Waals surface area (Å²) in [6.45, 7) is 2.08. The molecule has 1 aliphatic heterocycles. The van der Waals surface area contributed by atoms with Gasteiger partial charge in [-0.2, -0.15) is 11.8 Å². The molecule has 11 heavy (non-hydrogen) atoms. The van der Waals surface area contributed by atoms with Gasteiger partial charge in [-0.25, -0.2) is 0 Å². The minimum absolute atomic E-state index is 0.261. The normalized spacial score (nSPS) is 25.4. The van der Waals surface area contributed by atoms with Gasteiger partial charge in [-0.15, -0.1) is 0 Å². The van der Waals surface area contributed by atoms with Crippen LogP contribution in [0, 0.1) is 0 Å². The second kappa shape index (κ2) is 5.86. The van der Waals surface area contributed by atoms with Crippen molar-refractivity contribution in [1.29, 1.82) is 0 Å². The summed E-state index contributed by atoms with van der Waals surface area (Å²) in [7, 11) is 0. The van der Waals surface area contributed by atoms with E-state index in [1.54, 1.807) is 0 Å². The predicted octanol–water partition coefficient (Wildman–Crippen LogP) is 0.854. The van der Waals surface area contributed by atoms with Crippen LogP contribution in [0.2, 0.25) is 0 Å². The van der Waals surface area contributed by atoms with E-state index in [0.717, 1.165) is 18.3 Å². The van der Waals surface area contributed by atoms with Gasteiger partial charge in [0, 0.05) is 18.3 Å². The van der Waals surface area contributed by atoms with Gasteiger partial charge in [-0.3, -0.25) is 0 Å². The van der Waals surface area contributed by atoms with E-state index in [9.17, 15) is 0 Å². The molecule has 1 aliphatic rings. The number of hydrogen-bond acceptors (Lipinski definition) is 3. The molecule has 0 aromatic carbocycles. The second-order valence-corrected chi connectivity index (χ2v) is 4.32. The number of nitrogens with one attached hydrogen (secondary N) is 1. The molecule has 2 nitrogen and oxygen atoms in total. The Balaban J connectivity index is 1.96. The SMILES string of the molecule is OCCNCC1CCCCS1. The molecule has 1 fully saturated rings. The van der Waals surface area contributed by atoms with Gasteiger partial charge in [0.1, 0.15) is 0 Å². The Morgan fingerprint density at radius 1 is 1.45 bits per heavy atom. The lowest BCUT2D eigenvalue weighted by Gasteiger charge is -2.21. The third-order valence-corrected chi connectivity index (χ3v) is 3.33. The van der Waals surface area contributed by atoms with Crippen molar-refractivity contribution in [3.8, 4) is 0 Å². The van der Waals surface area contributed by atoms with Gasteiger partial charge in [-0.1, -0.05) is 6.42 Å². The fourth-order valence-corrected chi connectivity index (χ4v) is 2.58. The van der Waals surface area contributed by atoms with Crippen LogP contribution in [0.3, 0.4) is 0 Å². The van der Waals surface area contributed by atoms with Crippen molar-refractivity contribution in [2.75, 3.05) is 25.4 Å². The Morgan fingerprint density at radius 3 is 3.00 bits per heavy atom. The van der Waals surface area contributed by atoms with Crippen molar-refractivity contribution in [1.82, 2.24) is 5.32 Å². The van der Waals surface area contributed by atoms with E-state index in [4.69, 9.17) is 5.11 Å². The second-order valence-electron chi connectivity index (χ2n) is 2.92. The van der Waals surface area contributed by atoms with E-state index >= 15 is 0 Å². The Morgan fingerprint density at radius 2 is 2.36 bits per heavy atom. The van der Waals surface area contributed by atoms with Gasteiger partial charge in [0.2, 0.25) is 0 Å². The van der Waals surface area contributed by atoms with Crippen molar-refractivity contribution >= 4 is 11.8 Å². The molecule has 0 aromatic rings. The lowest BCUT2D eigenvalue weighted by Crippen LogP contribution is -2.28. The quantitative estimate of drug-likeness (QED) is 0.621. The van der Waals surface area contributed by atoms with Gasteiger partial charge in [0.25, 0.3) is 0 Å². The summed E-state index contributed by atoms with van der Waals surface area (Å²) >= 11 is 2.07. The van der Waals surface area contributed by atoms with E-state index < -0.39 is 0 Å². The first kappa shape index (κ1) is 9.36. The summed E-state index contributed by atoms with van der Waals surface area (Å²) in [4.78, 5) is 0. The number of thioether (sulfide) groups is 1. The molecule has 1 rings (SSSR count). The maximum Gasteiger partial charge on any atom is 0.0555 e. The van der Waals surface area contributed by atoms with Crippen LogP contribution in [0.25, 0.3) is 0 Å². The number of aliphatic hydroxyl groups excluding tert-OH is 1. The highest BCUT2D eigenvalue weighted by molar-refractivity contribution is 7.99. The van der Waals surface area contributed by atoms with Crippen molar-refractivity contribution in [2.24, 2.45) is 0 Å². The zero-order valence-corrected chi connectivity index (χ0v) is 7.70. The zero-order chi connectivity index (χ0) is 7.94. The van der Waals surface area contributed by atoms with Crippen molar-refractivity contribution in [3.63, 3.8) is 0 Å². The average molecular weight is 175 g/mol. The van der Waals surface area contributed by atoms with E-state index in [1.807, 2.05) is 0 Å². The monoisotopic (exact) mass is 175 g/mol. The molecule has 0 radical (unpaired) electrons. The molecule has 0 spiro atoms. The number of rotatable bonds is 4. The Hall–Kier alpha value is 0.270. The molecule has 0 saturated carbocycles. The van der Waals surface area contributed by atoms with Crippen molar-refractivity contribution in [2.45, 2.75) is 24.5 Å². The average Bonchev–Trinajstić information content (AvgIpc) is 2.07. The zero-order valence-electron chi connectivity index (χ0n) is 6.88. The van der Waals surface area contributed by atoms with Gasteiger partial charge in [0.05, 0.1) is 6.61 Å². The molecule has 0 bridgehead atoms. The smallest absolute Gasteiger partial charge is 0.0555 e. The van der Waals surface area contributed by atoms with Crippen LogP contribution >= 0.6 is 11.8 Å². The van der Waals surface area contributed by atoms with E-state index in [-0.39, 0.29) is 6.61 Å². The summed E-state index contributed by atoms with van der Waals surface area (Å²) in [5.41, 5.74) is 0. The Kier molecular flexibility index (Phi) is 4.99. The standard InChI is InChI=1S/C8H17NOS/c10-5-4-9-7-8-3-1-2-6-11-8/h8-10H,1-7H2. The highest BCUT2D eigenvalue weighted by Gasteiger charge is 2.12. The molecular formula is C8H17NOS. The predicted molar refractivity (Wildman–Crippen MR) is 50.1 cm³/mol.